The number of carbonyl (C=O) groups is 4. The highest BCUT2D eigenvalue weighted by molar-refractivity contribution is 5.71. The van der Waals surface area contributed by atoms with Crippen molar-refractivity contribution in [3.8, 4) is 0 Å². The minimum absolute atomic E-state index is 0.0397. The Labute approximate surface area is 176 Å². The second-order valence-corrected chi connectivity index (χ2v) is 7.13. The molecule has 0 aliphatic carbocycles. The molecule has 0 saturated carbocycles. The fourth-order valence-corrected chi connectivity index (χ4v) is 2.71. The number of esters is 4. The molecule has 0 amide bonds. The number of cyclic esters (lactones) is 2. The van der Waals surface area contributed by atoms with Crippen LogP contribution < -0.4 is 16.8 Å². The zero-order valence-electron chi connectivity index (χ0n) is 17.3. The normalized spacial score (nSPS) is 17.7. The first-order chi connectivity index (χ1) is 14.4. The van der Waals surface area contributed by atoms with E-state index in [9.17, 15) is 19.2 Å². The van der Waals surface area contributed by atoms with Crippen LogP contribution in [0.4, 0.5) is 0 Å². The van der Waals surface area contributed by atoms with Gasteiger partial charge in [-0.1, -0.05) is 0 Å². The van der Waals surface area contributed by atoms with E-state index < -0.39 is 29.3 Å². The number of rotatable bonds is 10. The molecular formula is C19H33N3O8. The number of nitrogens with one attached hydrogen (secondary N) is 1. The van der Waals surface area contributed by atoms with Crippen molar-refractivity contribution >= 4 is 23.9 Å². The predicted octanol–water partition coefficient (Wildman–Crippen LogP) is -0.993. The summed E-state index contributed by atoms with van der Waals surface area (Å²) in [5, 5.41) is 2.96. The molecule has 1 aliphatic rings. The Morgan fingerprint density at radius 3 is 2.00 bits per heavy atom. The Morgan fingerprint density at radius 1 is 0.933 bits per heavy atom. The van der Waals surface area contributed by atoms with Gasteiger partial charge in [-0.15, -0.1) is 0 Å². The van der Waals surface area contributed by atoms with Gasteiger partial charge in [-0.3, -0.25) is 19.2 Å². The van der Waals surface area contributed by atoms with E-state index in [0.29, 0.717) is 25.9 Å². The highest BCUT2D eigenvalue weighted by atomic mass is 16.6. The van der Waals surface area contributed by atoms with Gasteiger partial charge in [-0.25, -0.2) is 0 Å². The van der Waals surface area contributed by atoms with Crippen molar-refractivity contribution in [3.05, 3.63) is 0 Å². The number of ether oxygens (including phenoxy) is 4. The van der Waals surface area contributed by atoms with Crippen LogP contribution in [0.5, 0.6) is 0 Å². The number of carbonyl (C=O) groups excluding carboxylic acids is 4. The molecule has 1 fully saturated rings. The molecule has 1 rings (SSSR count). The van der Waals surface area contributed by atoms with E-state index in [0.717, 1.165) is 0 Å². The molecule has 5 N–H and O–H groups in total. The largest absolute Gasteiger partial charge is 0.466 e. The molecule has 11 heteroatoms. The molecule has 172 valence electrons. The summed E-state index contributed by atoms with van der Waals surface area (Å²) in [6, 6.07) is 0. The molecule has 0 radical (unpaired) electrons. The van der Waals surface area contributed by atoms with Gasteiger partial charge in [0, 0.05) is 26.2 Å². The number of nitrogens with two attached hydrogens (primary N) is 2. The van der Waals surface area contributed by atoms with Crippen LogP contribution in [0.1, 0.15) is 38.5 Å². The van der Waals surface area contributed by atoms with Crippen LogP contribution in [-0.2, 0) is 38.1 Å². The SMILES string of the molecule is NCCC(=O)OCCCC1(COC(=O)CCN)COC(=O)CCNCCC(=O)OC1. The lowest BCUT2D eigenvalue weighted by Gasteiger charge is -2.32. The zero-order chi connectivity index (χ0) is 22.2. The summed E-state index contributed by atoms with van der Waals surface area (Å²) >= 11 is 0. The van der Waals surface area contributed by atoms with Crippen LogP contribution in [0.3, 0.4) is 0 Å². The van der Waals surface area contributed by atoms with Crippen molar-refractivity contribution in [2.45, 2.75) is 38.5 Å². The average Bonchev–Trinajstić information content (AvgIpc) is 2.71. The van der Waals surface area contributed by atoms with E-state index in [2.05, 4.69) is 5.32 Å². The Hall–Kier alpha value is -2.24. The Balaban J connectivity index is 2.83. The monoisotopic (exact) mass is 431 g/mol. The third kappa shape index (κ3) is 11.1. The van der Waals surface area contributed by atoms with Crippen LogP contribution >= 0.6 is 0 Å². The molecule has 1 saturated heterocycles. The van der Waals surface area contributed by atoms with Gasteiger partial charge in [0.2, 0.25) is 0 Å². The summed E-state index contributed by atoms with van der Waals surface area (Å²) in [5.74, 6) is -1.74. The Kier molecular flexibility index (Phi) is 12.6. The van der Waals surface area contributed by atoms with E-state index >= 15 is 0 Å². The lowest BCUT2D eigenvalue weighted by molar-refractivity contribution is -0.163. The lowest BCUT2D eigenvalue weighted by Crippen LogP contribution is -2.41. The van der Waals surface area contributed by atoms with Crippen molar-refractivity contribution < 1.29 is 38.1 Å². The minimum Gasteiger partial charge on any atom is -0.466 e. The second kappa shape index (κ2) is 14.7. The molecule has 0 bridgehead atoms. The third-order valence-corrected chi connectivity index (χ3v) is 4.44. The molecule has 11 nitrogen and oxygen atoms in total. The summed E-state index contributed by atoms with van der Waals surface area (Å²) in [7, 11) is 0. The molecule has 0 unspecified atom stereocenters. The van der Waals surface area contributed by atoms with E-state index in [-0.39, 0.29) is 65.2 Å². The van der Waals surface area contributed by atoms with E-state index in [1.165, 1.54) is 0 Å². The first-order valence-corrected chi connectivity index (χ1v) is 10.1. The van der Waals surface area contributed by atoms with E-state index in [4.69, 9.17) is 30.4 Å². The minimum atomic E-state index is -0.956. The lowest BCUT2D eigenvalue weighted by atomic mass is 9.85. The Bertz CT molecular complexity index is 542. The standard InChI is InChI=1S/C19H33N3O8/c20-7-2-15(23)27-11-1-6-19(12-28-16(24)3-8-21)13-29-17(25)4-9-22-10-5-18(26)30-14-19/h22H,1-14,20-21H2. The molecule has 1 heterocycles. The maximum Gasteiger partial charge on any atom is 0.307 e. The molecule has 0 spiro atoms. The van der Waals surface area contributed by atoms with E-state index in [1.54, 1.807) is 0 Å². The molecular weight excluding hydrogens is 398 g/mol. The van der Waals surface area contributed by atoms with Crippen LogP contribution in [-0.4, -0.2) is 76.5 Å². The summed E-state index contributed by atoms with van der Waals surface area (Å²) in [6.07, 6.45) is 1.17. The van der Waals surface area contributed by atoms with Gasteiger partial charge in [0.1, 0.15) is 19.8 Å². The molecule has 0 aromatic rings. The van der Waals surface area contributed by atoms with Gasteiger partial charge in [0.15, 0.2) is 0 Å². The van der Waals surface area contributed by atoms with Gasteiger partial charge < -0.3 is 35.7 Å². The first-order valence-electron chi connectivity index (χ1n) is 10.1. The van der Waals surface area contributed by atoms with E-state index in [1.807, 2.05) is 0 Å². The van der Waals surface area contributed by atoms with Crippen LogP contribution in [0.15, 0.2) is 0 Å². The molecule has 1 aliphatic heterocycles. The average molecular weight is 431 g/mol. The number of hydrogen-bond donors (Lipinski definition) is 3. The number of hydrogen-bond acceptors (Lipinski definition) is 11. The molecule has 30 heavy (non-hydrogen) atoms. The van der Waals surface area contributed by atoms with Crippen LogP contribution in [0.2, 0.25) is 0 Å². The van der Waals surface area contributed by atoms with Crippen LogP contribution in [0.25, 0.3) is 0 Å². The van der Waals surface area contributed by atoms with Crippen molar-refractivity contribution in [1.29, 1.82) is 0 Å². The second-order valence-electron chi connectivity index (χ2n) is 7.13. The fraction of sp³-hybridized carbons (Fsp3) is 0.789. The quantitative estimate of drug-likeness (QED) is 0.220. The summed E-state index contributed by atoms with van der Waals surface area (Å²) in [4.78, 5) is 47.3. The maximum absolute atomic E-state index is 12.0. The van der Waals surface area contributed by atoms with Crippen molar-refractivity contribution in [3.63, 3.8) is 0 Å². The highest BCUT2D eigenvalue weighted by Crippen LogP contribution is 2.27. The highest BCUT2D eigenvalue weighted by Gasteiger charge is 2.35. The molecule has 0 aromatic carbocycles. The van der Waals surface area contributed by atoms with Gasteiger partial charge in [0.25, 0.3) is 0 Å². The molecule has 0 atom stereocenters. The summed E-state index contributed by atoms with van der Waals surface area (Å²) < 4.78 is 21.1. The Morgan fingerprint density at radius 2 is 1.47 bits per heavy atom. The van der Waals surface area contributed by atoms with Crippen molar-refractivity contribution in [2.24, 2.45) is 16.9 Å². The van der Waals surface area contributed by atoms with Crippen molar-refractivity contribution in [1.82, 2.24) is 5.32 Å². The molecule has 0 aromatic heterocycles. The van der Waals surface area contributed by atoms with Crippen molar-refractivity contribution in [2.75, 3.05) is 52.6 Å². The van der Waals surface area contributed by atoms with Gasteiger partial charge >= 0.3 is 23.9 Å². The third-order valence-electron chi connectivity index (χ3n) is 4.44. The smallest absolute Gasteiger partial charge is 0.307 e. The fourth-order valence-electron chi connectivity index (χ4n) is 2.71. The maximum atomic E-state index is 12.0. The van der Waals surface area contributed by atoms with Crippen LogP contribution in [0, 0.1) is 5.41 Å². The van der Waals surface area contributed by atoms with Gasteiger partial charge in [-0.2, -0.15) is 0 Å². The first kappa shape index (κ1) is 25.8. The summed E-state index contributed by atoms with van der Waals surface area (Å²) in [6.45, 7) is 0.867. The zero-order valence-corrected chi connectivity index (χ0v) is 17.3. The van der Waals surface area contributed by atoms with Gasteiger partial charge in [0.05, 0.1) is 37.7 Å². The summed E-state index contributed by atoms with van der Waals surface area (Å²) in [5.41, 5.74) is 9.73. The van der Waals surface area contributed by atoms with Gasteiger partial charge in [-0.05, 0) is 12.8 Å². The predicted molar refractivity (Wildman–Crippen MR) is 105 cm³/mol. The topological polar surface area (TPSA) is 169 Å².